The van der Waals surface area contributed by atoms with Gasteiger partial charge in [0, 0.05) is 5.75 Å². The van der Waals surface area contributed by atoms with E-state index >= 15 is 0 Å². The summed E-state index contributed by atoms with van der Waals surface area (Å²) < 4.78 is 5.02. The lowest BCUT2D eigenvalue weighted by atomic mass is 10.6. The zero-order valence-corrected chi connectivity index (χ0v) is 6.04. The average molecular weight is 132 g/mol. The predicted octanol–water partition coefficient (Wildman–Crippen LogP) is 2.25. The van der Waals surface area contributed by atoms with Crippen LogP contribution in [0.2, 0.25) is 0 Å². The molecule has 0 aromatic rings. The first-order valence-corrected chi connectivity index (χ1v) is 3.68. The number of rotatable bonds is 5. The lowest BCUT2D eigenvalue weighted by Crippen LogP contribution is -1.80. The summed E-state index contributed by atoms with van der Waals surface area (Å²) in [4.78, 5) is 0. The van der Waals surface area contributed by atoms with Crippen LogP contribution >= 0.6 is 12.0 Å². The third kappa shape index (κ3) is 6.05. The van der Waals surface area contributed by atoms with E-state index in [1.54, 1.807) is 6.08 Å². The van der Waals surface area contributed by atoms with Gasteiger partial charge in [0.05, 0.1) is 6.61 Å². The fourth-order valence-electron chi connectivity index (χ4n) is 0.238. The summed E-state index contributed by atoms with van der Waals surface area (Å²) >= 11 is 1.51. The minimum Gasteiger partial charge on any atom is -0.311 e. The Bertz CT molecular complexity index is 54.5. The van der Waals surface area contributed by atoms with Crippen LogP contribution in [0.4, 0.5) is 0 Å². The number of hydrogen-bond acceptors (Lipinski definition) is 2. The third-order valence-electron chi connectivity index (χ3n) is 0.557. The van der Waals surface area contributed by atoms with Crippen molar-refractivity contribution in [3.05, 3.63) is 12.7 Å². The van der Waals surface area contributed by atoms with E-state index in [2.05, 4.69) is 13.5 Å². The highest BCUT2D eigenvalue weighted by atomic mass is 32.2. The van der Waals surface area contributed by atoms with Gasteiger partial charge in [-0.2, -0.15) is 0 Å². The van der Waals surface area contributed by atoms with Gasteiger partial charge < -0.3 is 4.18 Å². The van der Waals surface area contributed by atoms with E-state index in [-0.39, 0.29) is 0 Å². The van der Waals surface area contributed by atoms with E-state index in [1.807, 2.05) is 0 Å². The van der Waals surface area contributed by atoms with Crippen molar-refractivity contribution in [2.45, 2.75) is 13.3 Å². The number of hydrogen-bond donors (Lipinski definition) is 0. The molecule has 0 N–H and O–H groups in total. The van der Waals surface area contributed by atoms with E-state index in [4.69, 9.17) is 4.18 Å². The van der Waals surface area contributed by atoms with E-state index in [0.29, 0.717) is 6.61 Å². The Morgan fingerprint density at radius 3 is 3.00 bits per heavy atom. The van der Waals surface area contributed by atoms with Gasteiger partial charge in [-0.05, 0) is 18.5 Å². The molecular formula is C6H12OS. The molecule has 0 heterocycles. The second-order valence-electron chi connectivity index (χ2n) is 1.40. The summed E-state index contributed by atoms with van der Waals surface area (Å²) in [5.74, 6) is 1.08. The molecule has 0 amide bonds. The van der Waals surface area contributed by atoms with Crippen molar-refractivity contribution in [2.75, 3.05) is 12.4 Å². The minimum absolute atomic E-state index is 0.657. The third-order valence-corrected chi connectivity index (χ3v) is 1.43. The van der Waals surface area contributed by atoms with Crippen molar-refractivity contribution in [3.8, 4) is 0 Å². The SMILES string of the molecule is C=CCOSCCC. The topological polar surface area (TPSA) is 9.23 Å². The summed E-state index contributed by atoms with van der Waals surface area (Å²) in [6.45, 7) is 6.31. The zero-order valence-electron chi connectivity index (χ0n) is 5.22. The molecule has 0 bridgehead atoms. The molecule has 1 nitrogen and oxygen atoms in total. The maximum Gasteiger partial charge on any atom is 0.0792 e. The fraction of sp³-hybridized carbons (Fsp3) is 0.667. The van der Waals surface area contributed by atoms with Gasteiger partial charge in [0.15, 0.2) is 0 Å². The standard InChI is InChI=1S/C6H12OS/c1-3-5-7-8-6-4-2/h3H,1,4-6H2,2H3. The predicted molar refractivity (Wildman–Crippen MR) is 38.9 cm³/mol. The van der Waals surface area contributed by atoms with E-state index in [9.17, 15) is 0 Å². The van der Waals surface area contributed by atoms with Crippen LogP contribution in [0.1, 0.15) is 13.3 Å². The highest BCUT2D eigenvalue weighted by molar-refractivity contribution is 7.94. The van der Waals surface area contributed by atoms with Crippen molar-refractivity contribution in [3.63, 3.8) is 0 Å². The first kappa shape index (κ1) is 8.05. The van der Waals surface area contributed by atoms with Gasteiger partial charge in [-0.1, -0.05) is 13.0 Å². The molecule has 2 heteroatoms. The van der Waals surface area contributed by atoms with E-state index < -0.39 is 0 Å². The summed E-state index contributed by atoms with van der Waals surface area (Å²) in [6, 6.07) is 0. The molecule has 0 atom stereocenters. The maximum absolute atomic E-state index is 5.02. The van der Waals surface area contributed by atoms with Gasteiger partial charge >= 0.3 is 0 Å². The van der Waals surface area contributed by atoms with Crippen LogP contribution in [0.15, 0.2) is 12.7 Å². The van der Waals surface area contributed by atoms with Crippen LogP contribution in [-0.4, -0.2) is 12.4 Å². The minimum atomic E-state index is 0.657. The first-order valence-electron chi connectivity index (χ1n) is 2.77. The molecule has 0 spiro atoms. The summed E-state index contributed by atoms with van der Waals surface area (Å²) in [5.41, 5.74) is 0. The van der Waals surface area contributed by atoms with Gasteiger partial charge in [0.2, 0.25) is 0 Å². The molecule has 0 saturated carbocycles. The molecule has 48 valence electrons. The summed E-state index contributed by atoms with van der Waals surface area (Å²) in [7, 11) is 0. The average Bonchev–Trinajstić information content (AvgIpc) is 1.81. The Hall–Kier alpha value is 0.0500. The Kier molecular flexibility index (Phi) is 7.09. The molecule has 0 radical (unpaired) electrons. The van der Waals surface area contributed by atoms with E-state index in [0.717, 1.165) is 5.75 Å². The lowest BCUT2D eigenvalue weighted by molar-refractivity contribution is 0.429. The molecule has 0 fully saturated rings. The van der Waals surface area contributed by atoms with Crippen molar-refractivity contribution in [2.24, 2.45) is 0 Å². The fourth-order valence-corrected chi connectivity index (χ4v) is 0.715. The Labute approximate surface area is 55.3 Å². The molecule has 0 saturated heterocycles. The molecule has 0 aromatic carbocycles. The molecule has 0 aliphatic rings. The molecule has 0 aromatic heterocycles. The molecule has 0 aliphatic carbocycles. The van der Waals surface area contributed by atoms with Gasteiger partial charge in [-0.3, -0.25) is 0 Å². The van der Waals surface area contributed by atoms with Crippen molar-refractivity contribution < 1.29 is 4.18 Å². The second-order valence-corrected chi connectivity index (χ2v) is 2.27. The van der Waals surface area contributed by atoms with Crippen LogP contribution in [0.25, 0.3) is 0 Å². The molecule has 0 rings (SSSR count). The van der Waals surface area contributed by atoms with Crippen LogP contribution in [0, 0.1) is 0 Å². The largest absolute Gasteiger partial charge is 0.311 e. The van der Waals surface area contributed by atoms with Crippen LogP contribution in [-0.2, 0) is 4.18 Å². The van der Waals surface area contributed by atoms with Crippen molar-refractivity contribution in [1.29, 1.82) is 0 Å². The molecule has 8 heavy (non-hydrogen) atoms. The van der Waals surface area contributed by atoms with Crippen molar-refractivity contribution >= 4 is 12.0 Å². The lowest BCUT2D eigenvalue weighted by Gasteiger charge is -1.93. The van der Waals surface area contributed by atoms with Crippen molar-refractivity contribution in [1.82, 2.24) is 0 Å². The van der Waals surface area contributed by atoms with Crippen LogP contribution < -0.4 is 0 Å². The maximum atomic E-state index is 5.02. The van der Waals surface area contributed by atoms with Crippen LogP contribution in [0.3, 0.4) is 0 Å². The smallest absolute Gasteiger partial charge is 0.0792 e. The highest BCUT2D eigenvalue weighted by Gasteiger charge is 1.81. The molecule has 0 aliphatic heterocycles. The second kappa shape index (κ2) is 7.05. The molecule has 0 unspecified atom stereocenters. The van der Waals surface area contributed by atoms with E-state index in [1.165, 1.54) is 18.5 Å². The van der Waals surface area contributed by atoms with Crippen LogP contribution in [0.5, 0.6) is 0 Å². The normalized spacial score (nSPS) is 9.12. The van der Waals surface area contributed by atoms with Gasteiger partial charge in [0.25, 0.3) is 0 Å². The van der Waals surface area contributed by atoms with Gasteiger partial charge in [-0.15, -0.1) is 6.58 Å². The Morgan fingerprint density at radius 1 is 1.75 bits per heavy atom. The highest BCUT2D eigenvalue weighted by Crippen LogP contribution is 2.02. The Morgan fingerprint density at radius 2 is 2.50 bits per heavy atom. The summed E-state index contributed by atoms with van der Waals surface area (Å²) in [6.07, 6.45) is 2.92. The zero-order chi connectivity index (χ0) is 6.24. The van der Waals surface area contributed by atoms with Gasteiger partial charge in [-0.25, -0.2) is 0 Å². The monoisotopic (exact) mass is 132 g/mol. The Balaban J connectivity index is 2.62. The molecular weight excluding hydrogens is 120 g/mol. The van der Waals surface area contributed by atoms with Gasteiger partial charge in [0.1, 0.15) is 0 Å². The quantitative estimate of drug-likeness (QED) is 0.322. The first-order chi connectivity index (χ1) is 3.91. The summed E-state index contributed by atoms with van der Waals surface area (Å²) in [5, 5.41) is 0.